The molecule has 0 aliphatic rings. The number of hydrogen-bond acceptors (Lipinski definition) is 5. The van der Waals surface area contributed by atoms with Crippen LogP contribution in [0, 0.1) is 0 Å². The fourth-order valence-electron chi connectivity index (χ4n) is 1.35. The van der Waals surface area contributed by atoms with E-state index >= 15 is 0 Å². The van der Waals surface area contributed by atoms with Crippen LogP contribution in [0.15, 0.2) is 29.2 Å². The fourth-order valence-corrected chi connectivity index (χ4v) is 2.14. The Morgan fingerprint density at radius 1 is 1.25 bits per heavy atom. The van der Waals surface area contributed by atoms with Crippen molar-refractivity contribution in [2.75, 3.05) is 19.4 Å². The average molecular weight is 296 g/mol. The van der Waals surface area contributed by atoms with Crippen LogP contribution in [0.25, 0.3) is 0 Å². The third kappa shape index (κ3) is 4.93. The molecule has 1 aromatic carbocycles. The molecule has 0 heterocycles. The lowest BCUT2D eigenvalue weighted by Gasteiger charge is -2.08. The predicted octanol–water partition coefficient (Wildman–Crippen LogP) is 1.41. The molecule has 108 valence electrons. The van der Waals surface area contributed by atoms with E-state index in [1.807, 2.05) is 24.4 Å². The molecule has 0 saturated heterocycles. The van der Waals surface area contributed by atoms with E-state index in [0.29, 0.717) is 5.56 Å². The highest BCUT2D eigenvalue weighted by molar-refractivity contribution is 7.99. The number of esters is 1. The Bertz CT molecular complexity index is 505. The second-order valence-electron chi connectivity index (χ2n) is 3.63. The molecule has 0 aromatic heterocycles. The van der Waals surface area contributed by atoms with E-state index in [9.17, 15) is 14.4 Å². The number of imide groups is 1. The summed E-state index contributed by atoms with van der Waals surface area (Å²) < 4.78 is 4.88. The zero-order valence-corrected chi connectivity index (χ0v) is 12.1. The van der Waals surface area contributed by atoms with Crippen LogP contribution >= 0.6 is 11.8 Å². The number of carbonyl (C=O) groups excluding carboxylic acids is 3. The number of ether oxygens (including phenoxy) is 1. The number of rotatable bonds is 5. The molecular formula is C13H16N2O4S. The number of carbonyl (C=O) groups is 3. The van der Waals surface area contributed by atoms with Crippen molar-refractivity contribution in [3.63, 3.8) is 0 Å². The zero-order valence-electron chi connectivity index (χ0n) is 11.3. The molecule has 0 fully saturated rings. The molecule has 0 aliphatic carbocycles. The van der Waals surface area contributed by atoms with Crippen LogP contribution in [0.1, 0.15) is 17.3 Å². The summed E-state index contributed by atoms with van der Waals surface area (Å²) in [6, 6.07) is 6.35. The minimum atomic E-state index is -0.682. The smallest absolute Gasteiger partial charge is 0.339 e. The first-order valence-electron chi connectivity index (χ1n) is 5.99. The van der Waals surface area contributed by atoms with E-state index in [2.05, 4.69) is 5.32 Å². The monoisotopic (exact) mass is 296 g/mol. The van der Waals surface area contributed by atoms with Gasteiger partial charge in [-0.3, -0.25) is 10.1 Å². The summed E-state index contributed by atoms with van der Waals surface area (Å²) in [5.41, 5.74) is 0.409. The van der Waals surface area contributed by atoms with Crippen molar-refractivity contribution in [1.29, 1.82) is 0 Å². The van der Waals surface area contributed by atoms with Crippen LogP contribution in [0.4, 0.5) is 4.79 Å². The van der Waals surface area contributed by atoms with Gasteiger partial charge in [0.25, 0.3) is 5.91 Å². The van der Waals surface area contributed by atoms with E-state index in [0.717, 1.165) is 10.6 Å². The molecule has 0 atom stereocenters. The highest BCUT2D eigenvalue weighted by Gasteiger charge is 2.14. The predicted molar refractivity (Wildman–Crippen MR) is 75.7 cm³/mol. The van der Waals surface area contributed by atoms with Crippen molar-refractivity contribution in [3.8, 4) is 0 Å². The molecule has 20 heavy (non-hydrogen) atoms. The number of thioether (sulfide) groups is 1. The van der Waals surface area contributed by atoms with Crippen molar-refractivity contribution >= 4 is 29.7 Å². The molecule has 0 bridgehead atoms. The highest BCUT2D eigenvalue weighted by Crippen LogP contribution is 2.22. The summed E-state index contributed by atoms with van der Waals surface area (Å²) in [5.74, 6) is -0.450. The Labute approximate surface area is 121 Å². The quantitative estimate of drug-likeness (QED) is 0.634. The molecule has 0 saturated carbocycles. The maximum atomic E-state index is 11.9. The van der Waals surface area contributed by atoms with Crippen LogP contribution in [0.2, 0.25) is 0 Å². The summed E-state index contributed by atoms with van der Waals surface area (Å²) in [6.07, 6.45) is 0. The number of hydrogen-bond donors (Lipinski definition) is 2. The topological polar surface area (TPSA) is 84.5 Å². The SMILES string of the molecule is CCSc1ccccc1C(=O)OCC(=O)NC(=O)NC. The Morgan fingerprint density at radius 2 is 1.95 bits per heavy atom. The van der Waals surface area contributed by atoms with Gasteiger partial charge in [-0.15, -0.1) is 11.8 Å². The third-order valence-corrected chi connectivity index (χ3v) is 3.18. The van der Waals surface area contributed by atoms with Crippen molar-refractivity contribution in [3.05, 3.63) is 29.8 Å². The minimum Gasteiger partial charge on any atom is -0.452 e. The molecular weight excluding hydrogens is 280 g/mol. The van der Waals surface area contributed by atoms with Crippen molar-refractivity contribution in [2.45, 2.75) is 11.8 Å². The first-order valence-corrected chi connectivity index (χ1v) is 6.97. The van der Waals surface area contributed by atoms with Gasteiger partial charge in [0.15, 0.2) is 6.61 Å². The van der Waals surface area contributed by atoms with E-state index in [4.69, 9.17) is 4.74 Å². The Kier molecular flexibility index (Phi) is 6.58. The number of nitrogens with one attached hydrogen (secondary N) is 2. The molecule has 0 radical (unpaired) electrons. The van der Waals surface area contributed by atoms with E-state index < -0.39 is 24.5 Å². The van der Waals surface area contributed by atoms with Crippen molar-refractivity contribution in [2.24, 2.45) is 0 Å². The lowest BCUT2D eigenvalue weighted by molar-refractivity contribution is -0.123. The molecule has 3 amide bonds. The lowest BCUT2D eigenvalue weighted by Crippen LogP contribution is -2.39. The largest absolute Gasteiger partial charge is 0.452 e. The fraction of sp³-hybridized carbons (Fsp3) is 0.308. The highest BCUT2D eigenvalue weighted by atomic mass is 32.2. The zero-order chi connectivity index (χ0) is 15.0. The molecule has 7 heteroatoms. The van der Waals surface area contributed by atoms with Gasteiger partial charge in [-0.1, -0.05) is 19.1 Å². The maximum absolute atomic E-state index is 11.9. The molecule has 0 spiro atoms. The molecule has 0 unspecified atom stereocenters. The normalized spacial score (nSPS) is 9.70. The number of urea groups is 1. The Hall–Kier alpha value is -2.02. The van der Waals surface area contributed by atoms with Crippen LogP contribution in [0.5, 0.6) is 0 Å². The van der Waals surface area contributed by atoms with E-state index in [1.165, 1.54) is 18.8 Å². The Balaban J connectivity index is 2.59. The van der Waals surface area contributed by atoms with Crippen LogP contribution in [-0.2, 0) is 9.53 Å². The summed E-state index contributed by atoms with van der Waals surface area (Å²) in [5, 5.41) is 4.23. The van der Waals surface area contributed by atoms with Gasteiger partial charge in [0, 0.05) is 11.9 Å². The molecule has 1 aromatic rings. The first-order chi connectivity index (χ1) is 9.58. The summed E-state index contributed by atoms with van der Waals surface area (Å²) >= 11 is 1.51. The van der Waals surface area contributed by atoms with Crippen molar-refractivity contribution in [1.82, 2.24) is 10.6 Å². The van der Waals surface area contributed by atoms with Crippen LogP contribution in [-0.4, -0.2) is 37.3 Å². The van der Waals surface area contributed by atoms with Gasteiger partial charge in [0.2, 0.25) is 0 Å². The van der Waals surface area contributed by atoms with Gasteiger partial charge in [0.05, 0.1) is 5.56 Å². The molecule has 1 rings (SSSR count). The molecule has 6 nitrogen and oxygen atoms in total. The van der Waals surface area contributed by atoms with Gasteiger partial charge in [0.1, 0.15) is 0 Å². The van der Waals surface area contributed by atoms with Gasteiger partial charge < -0.3 is 10.1 Å². The maximum Gasteiger partial charge on any atom is 0.339 e. The molecule has 0 aliphatic heterocycles. The summed E-state index contributed by atoms with van der Waals surface area (Å²) in [6.45, 7) is 1.47. The number of benzene rings is 1. The summed E-state index contributed by atoms with van der Waals surface area (Å²) in [4.78, 5) is 34.9. The standard InChI is InChI=1S/C13H16N2O4S/c1-3-20-10-7-5-4-6-9(10)12(17)19-8-11(16)15-13(18)14-2/h4-7H,3,8H2,1-2H3,(H2,14,15,16,18). The van der Waals surface area contributed by atoms with Gasteiger partial charge >= 0.3 is 12.0 Å². The van der Waals surface area contributed by atoms with E-state index in [-0.39, 0.29) is 0 Å². The van der Waals surface area contributed by atoms with Gasteiger partial charge in [-0.25, -0.2) is 9.59 Å². The third-order valence-electron chi connectivity index (χ3n) is 2.22. The second-order valence-corrected chi connectivity index (χ2v) is 4.94. The van der Waals surface area contributed by atoms with Gasteiger partial charge in [-0.05, 0) is 17.9 Å². The molecule has 2 N–H and O–H groups in total. The van der Waals surface area contributed by atoms with Gasteiger partial charge in [-0.2, -0.15) is 0 Å². The summed E-state index contributed by atoms with van der Waals surface area (Å²) in [7, 11) is 1.38. The van der Waals surface area contributed by atoms with E-state index in [1.54, 1.807) is 12.1 Å². The van der Waals surface area contributed by atoms with Crippen LogP contribution < -0.4 is 10.6 Å². The minimum absolute atomic E-state index is 0.409. The van der Waals surface area contributed by atoms with Crippen LogP contribution in [0.3, 0.4) is 0 Å². The lowest BCUT2D eigenvalue weighted by atomic mass is 10.2. The number of amides is 3. The second kappa shape index (κ2) is 8.21. The first kappa shape index (κ1) is 16.0. The average Bonchev–Trinajstić information content (AvgIpc) is 2.45. The van der Waals surface area contributed by atoms with Crippen molar-refractivity contribution < 1.29 is 19.1 Å². The Morgan fingerprint density at radius 3 is 2.60 bits per heavy atom.